The number of benzene rings is 2. The number of hydrogen-bond acceptors (Lipinski definition) is 5. The summed E-state index contributed by atoms with van der Waals surface area (Å²) < 4.78 is 32.8. The lowest BCUT2D eigenvalue weighted by atomic mass is 9.73. The standard InChI is InChI=1S/C28H33F2N3O5/c1-18(11-14-32-15-12-28(13-16-32,24(34)35)20-7-5-4-6-8-20)31-25(36)33-23(27(2,3)38-26(33)37)19-9-10-21(29)22(30)17-19/h4-10,17-18,23H,11-16H2,1-3H3,(H,31,36)(H,34,35). The van der Waals surface area contributed by atoms with Crippen LogP contribution in [0, 0.1) is 11.6 Å². The molecule has 4 rings (SSSR count). The summed E-state index contributed by atoms with van der Waals surface area (Å²) in [5, 5.41) is 12.8. The van der Waals surface area contributed by atoms with E-state index in [1.165, 1.54) is 6.07 Å². The third-order valence-electron chi connectivity index (χ3n) is 7.64. The Morgan fingerprint density at radius 2 is 1.76 bits per heavy atom. The molecule has 0 bridgehead atoms. The monoisotopic (exact) mass is 529 g/mol. The van der Waals surface area contributed by atoms with Crippen molar-refractivity contribution in [3.63, 3.8) is 0 Å². The quantitative estimate of drug-likeness (QED) is 0.533. The van der Waals surface area contributed by atoms with Gasteiger partial charge in [-0.15, -0.1) is 0 Å². The van der Waals surface area contributed by atoms with Crippen molar-refractivity contribution in [3.8, 4) is 0 Å². The number of nitrogens with zero attached hydrogens (tertiary/aromatic N) is 2. The van der Waals surface area contributed by atoms with Crippen LogP contribution in [0.5, 0.6) is 0 Å². The van der Waals surface area contributed by atoms with Crippen LogP contribution in [0.4, 0.5) is 18.4 Å². The Bertz CT molecular complexity index is 1200. The highest BCUT2D eigenvalue weighted by atomic mass is 19.2. The van der Waals surface area contributed by atoms with Crippen LogP contribution in [0.15, 0.2) is 48.5 Å². The van der Waals surface area contributed by atoms with E-state index in [1.54, 1.807) is 13.8 Å². The molecule has 0 spiro atoms. The van der Waals surface area contributed by atoms with Crippen LogP contribution >= 0.6 is 0 Å². The fraction of sp³-hybridized carbons (Fsp3) is 0.464. The van der Waals surface area contributed by atoms with Gasteiger partial charge in [0.1, 0.15) is 11.6 Å². The van der Waals surface area contributed by atoms with Gasteiger partial charge in [-0.25, -0.2) is 23.3 Å². The Morgan fingerprint density at radius 1 is 1.11 bits per heavy atom. The maximum atomic E-state index is 13.9. The zero-order chi connectivity index (χ0) is 27.7. The molecule has 0 aliphatic carbocycles. The summed E-state index contributed by atoms with van der Waals surface area (Å²) in [6.45, 7) is 6.87. The molecule has 2 fully saturated rings. The number of halogens is 2. The Morgan fingerprint density at radius 3 is 2.37 bits per heavy atom. The van der Waals surface area contributed by atoms with Crippen LogP contribution in [0.3, 0.4) is 0 Å². The molecule has 2 aromatic rings. The molecule has 8 nitrogen and oxygen atoms in total. The topological polar surface area (TPSA) is 99.2 Å². The second-order valence-corrected chi connectivity index (χ2v) is 10.7. The van der Waals surface area contributed by atoms with E-state index in [9.17, 15) is 28.3 Å². The number of ether oxygens (including phenoxy) is 1. The molecule has 0 saturated carbocycles. The number of likely N-dealkylation sites (tertiary alicyclic amines) is 1. The minimum Gasteiger partial charge on any atom is -0.481 e. The molecule has 2 atom stereocenters. The summed E-state index contributed by atoms with van der Waals surface area (Å²) >= 11 is 0. The van der Waals surface area contributed by atoms with Gasteiger partial charge >= 0.3 is 18.1 Å². The highest BCUT2D eigenvalue weighted by molar-refractivity contribution is 5.93. The summed E-state index contributed by atoms with van der Waals surface area (Å²) in [6.07, 6.45) is 0.672. The SMILES string of the molecule is CC(CCN1CCC(C(=O)O)(c2ccccc2)CC1)NC(=O)N1C(=O)OC(C)(C)C1c1ccc(F)c(F)c1. The molecular formula is C28H33F2N3O5. The molecular weight excluding hydrogens is 496 g/mol. The summed E-state index contributed by atoms with van der Waals surface area (Å²) in [7, 11) is 0. The van der Waals surface area contributed by atoms with Gasteiger partial charge in [-0.05, 0) is 76.4 Å². The summed E-state index contributed by atoms with van der Waals surface area (Å²) in [6, 6.07) is 10.6. The number of aliphatic carboxylic acids is 1. The fourth-order valence-electron chi connectivity index (χ4n) is 5.45. The molecule has 10 heteroatoms. The predicted molar refractivity (Wildman–Crippen MR) is 136 cm³/mol. The molecule has 38 heavy (non-hydrogen) atoms. The van der Waals surface area contributed by atoms with Gasteiger partial charge in [0.15, 0.2) is 11.6 Å². The number of carboxylic acid groups (broad SMARTS) is 1. The molecule has 2 aliphatic rings. The highest BCUT2D eigenvalue weighted by Crippen LogP contribution is 2.41. The molecule has 204 valence electrons. The van der Waals surface area contributed by atoms with Crippen LogP contribution < -0.4 is 5.32 Å². The van der Waals surface area contributed by atoms with Crippen molar-refractivity contribution < 1.29 is 33.0 Å². The van der Waals surface area contributed by atoms with E-state index < -0.39 is 46.8 Å². The van der Waals surface area contributed by atoms with Gasteiger partial charge in [0.05, 0.1) is 5.41 Å². The van der Waals surface area contributed by atoms with Crippen LogP contribution in [0.2, 0.25) is 0 Å². The van der Waals surface area contributed by atoms with Gasteiger partial charge in [-0.1, -0.05) is 36.4 Å². The van der Waals surface area contributed by atoms with E-state index in [0.717, 1.165) is 22.6 Å². The maximum Gasteiger partial charge on any atom is 0.419 e. The molecule has 2 aromatic carbocycles. The number of carbonyl (C=O) groups excluding carboxylic acids is 2. The normalized spacial score (nSPS) is 21.6. The zero-order valence-electron chi connectivity index (χ0n) is 21.7. The highest BCUT2D eigenvalue weighted by Gasteiger charge is 2.52. The minimum absolute atomic E-state index is 0.246. The van der Waals surface area contributed by atoms with Crippen LogP contribution in [-0.2, 0) is 14.9 Å². The molecule has 3 amide bonds. The van der Waals surface area contributed by atoms with Crippen LogP contribution in [-0.4, -0.2) is 64.3 Å². The second-order valence-electron chi connectivity index (χ2n) is 10.7. The number of urea groups is 1. The maximum absolute atomic E-state index is 13.9. The molecule has 2 heterocycles. The van der Waals surface area contributed by atoms with Crippen LogP contribution in [0.1, 0.15) is 57.2 Å². The Kier molecular flexibility index (Phi) is 7.73. The van der Waals surface area contributed by atoms with E-state index in [1.807, 2.05) is 37.3 Å². The average molecular weight is 530 g/mol. The van der Waals surface area contributed by atoms with Crippen LogP contribution in [0.25, 0.3) is 0 Å². The molecule has 2 N–H and O–H groups in total. The Hall–Kier alpha value is -3.53. The number of carboxylic acids is 1. The number of piperidine rings is 1. The molecule has 0 aromatic heterocycles. The minimum atomic E-state index is -1.15. The number of cyclic esters (lactones) is 1. The van der Waals surface area contributed by atoms with Gasteiger partial charge in [0.2, 0.25) is 0 Å². The van der Waals surface area contributed by atoms with Crippen molar-refractivity contribution in [1.82, 2.24) is 15.1 Å². The van der Waals surface area contributed by atoms with Crippen molar-refractivity contribution in [3.05, 3.63) is 71.3 Å². The lowest BCUT2D eigenvalue weighted by Gasteiger charge is -2.39. The first kappa shape index (κ1) is 27.5. The van der Waals surface area contributed by atoms with E-state index in [4.69, 9.17) is 4.74 Å². The first-order chi connectivity index (χ1) is 17.9. The lowest BCUT2D eigenvalue weighted by molar-refractivity contribution is -0.146. The number of carbonyl (C=O) groups is 3. The molecule has 2 saturated heterocycles. The first-order valence-corrected chi connectivity index (χ1v) is 12.7. The molecule has 2 aliphatic heterocycles. The van der Waals surface area contributed by atoms with Gasteiger partial charge in [0, 0.05) is 12.6 Å². The first-order valence-electron chi connectivity index (χ1n) is 12.7. The lowest BCUT2D eigenvalue weighted by Crippen LogP contribution is -2.49. The van der Waals surface area contributed by atoms with Gasteiger partial charge < -0.3 is 20.1 Å². The zero-order valence-corrected chi connectivity index (χ0v) is 21.7. The van der Waals surface area contributed by atoms with Gasteiger partial charge in [-0.3, -0.25) is 4.79 Å². The largest absolute Gasteiger partial charge is 0.481 e. The van der Waals surface area contributed by atoms with Crippen molar-refractivity contribution in [2.24, 2.45) is 0 Å². The van der Waals surface area contributed by atoms with Crippen molar-refractivity contribution in [2.45, 2.75) is 63.1 Å². The number of amides is 3. The summed E-state index contributed by atoms with van der Waals surface area (Å²) in [5.41, 5.74) is -1.000. The molecule has 0 radical (unpaired) electrons. The fourth-order valence-corrected chi connectivity index (χ4v) is 5.45. The predicted octanol–water partition coefficient (Wildman–Crippen LogP) is 4.84. The number of nitrogens with one attached hydrogen (secondary N) is 1. The van der Waals surface area contributed by atoms with Crippen molar-refractivity contribution in [2.75, 3.05) is 19.6 Å². The van der Waals surface area contributed by atoms with E-state index >= 15 is 0 Å². The van der Waals surface area contributed by atoms with E-state index in [0.29, 0.717) is 38.9 Å². The Balaban J connectivity index is 1.36. The summed E-state index contributed by atoms with van der Waals surface area (Å²) in [5.74, 6) is -2.92. The number of imide groups is 1. The average Bonchev–Trinajstić information content (AvgIpc) is 3.13. The number of hydrogen-bond donors (Lipinski definition) is 2. The van der Waals surface area contributed by atoms with Gasteiger partial charge in [0.25, 0.3) is 0 Å². The van der Waals surface area contributed by atoms with Gasteiger partial charge in [-0.2, -0.15) is 0 Å². The van der Waals surface area contributed by atoms with Crippen molar-refractivity contribution in [1.29, 1.82) is 0 Å². The third kappa shape index (κ3) is 5.36. The van der Waals surface area contributed by atoms with E-state index in [2.05, 4.69) is 10.2 Å². The van der Waals surface area contributed by atoms with E-state index in [-0.39, 0.29) is 11.6 Å². The molecule has 2 unspecified atom stereocenters. The summed E-state index contributed by atoms with van der Waals surface area (Å²) in [4.78, 5) is 41.0. The smallest absolute Gasteiger partial charge is 0.419 e. The van der Waals surface area contributed by atoms with Crippen molar-refractivity contribution >= 4 is 18.1 Å². The second kappa shape index (κ2) is 10.7. The number of rotatable bonds is 7. The third-order valence-corrected chi connectivity index (χ3v) is 7.64. The Labute approximate surface area is 220 Å².